The highest BCUT2D eigenvalue weighted by Gasteiger charge is 2.05. The van der Waals surface area contributed by atoms with Gasteiger partial charge >= 0.3 is 0 Å². The number of anilines is 1. The average molecular weight is 289 g/mol. The molecule has 1 aromatic heterocycles. The van der Waals surface area contributed by atoms with Gasteiger partial charge in [0.05, 0.1) is 25.2 Å². The van der Waals surface area contributed by atoms with Crippen LogP contribution in [0.3, 0.4) is 0 Å². The van der Waals surface area contributed by atoms with E-state index in [0.29, 0.717) is 19.3 Å². The maximum Gasteiger partial charge on any atom is 0.121 e. The highest BCUT2D eigenvalue weighted by atomic mass is 16.5. The normalized spacial score (nSPS) is 10.9. The van der Waals surface area contributed by atoms with Crippen molar-refractivity contribution in [2.75, 3.05) is 25.6 Å². The van der Waals surface area contributed by atoms with Crippen LogP contribution >= 0.6 is 0 Å². The SMILES string of the molecule is COCCOc1cccc(NCc2cncn2C(C)C)c1. The summed E-state index contributed by atoms with van der Waals surface area (Å²) in [5.41, 5.74) is 2.19. The Morgan fingerprint density at radius 3 is 2.90 bits per heavy atom. The van der Waals surface area contributed by atoms with E-state index in [-0.39, 0.29) is 0 Å². The molecule has 0 unspecified atom stereocenters. The Hall–Kier alpha value is -2.01. The zero-order chi connectivity index (χ0) is 15.1. The van der Waals surface area contributed by atoms with Gasteiger partial charge in [-0.15, -0.1) is 0 Å². The number of ether oxygens (including phenoxy) is 2. The number of imidazole rings is 1. The van der Waals surface area contributed by atoms with Crippen molar-refractivity contribution < 1.29 is 9.47 Å². The number of methoxy groups -OCH3 is 1. The molecule has 21 heavy (non-hydrogen) atoms. The van der Waals surface area contributed by atoms with E-state index in [1.54, 1.807) is 7.11 Å². The smallest absolute Gasteiger partial charge is 0.121 e. The zero-order valence-corrected chi connectivity index (χ0v) is 12.9. The minimum atomic E-state index is 0.410. The van der Waals surface area contributed by atoms with Crippen molar-refractivity contribution in [2.24, 2.45) is 0 Å². The number of hydrogen-bond acceptors (Lipinski definition) is 4. The Kier molecular flexibility index (Phi) is 5.63. The van der Waals surface area contributed by atoms with Gasteiger partial charge in [0.15, 0.2) is 0 Å². The van der Waals surface area contributed by atoms with Crippen LogP contribution in [0.5, 0.6) is 5.75 Å². The number of benzene rings is 1. The summed E-state index contributed by atoms with van der Waals surface area (Å²) < 4.78 is 12.7. The third kappa shape index (κ3) is 4.49. The van der Waals surface area contributed by atoms with Gasteiger partial charge in [0.1, 0.15) is 12.4 Å². The summed E-state index contributed by atoms with van der Waals surface area (Å²) in [6, 6.07) is 8.35. The first-order valence-corrected chi connectivity index (χ1v) is 7.17. The second-order valence-corrected chi connectivity index (χ2v) is 5.11. The Labute approximate surface area is 125 Å². The summed E-state index contributed by atoms with van der Waals surface area (Å²) in [5, 5.41) is 3.40. The Bertz CT molecular complexity index is 552. The zero-order valence-electron chi connectivity index (χ0n) is 12.9. The van der Waals surface area contributed by atoms with Gasteiger partial charge in [0.2, 0.25) is 0 Å². The van der Waals surface area contributed by atoms with Crippen LogP contribution in [0.15, 0.2) is 36.8 Å². The van der Waals surface area contributed by atoms with Crippen LogP contribution < -0.4 is 10.1 Å². The van der Waals surface area contributed by atoms with Crippen LogP contribution in [0.2, 0.25) is 0 Å². The standard InChI is InChI=1S/C16H23N3O2/c1-13(2)19-12-17-10-15(19)11-18-14-5-4-6-16(9-14)21-8-7-20-3/h4-6,9-10,12-13,18H,7-8,11H2,1-3H3. The molecule has 0 spiro atoms. The molecule has 1 heterocycles. The number of nitrogens with zero attached hydrogens (tertiary/aromatic N) is 2. The van der Waals surface area contributed by atoms with Gasteiger partial charge in [0.25, 0.3) is 0 Å². The quantitative estimate of drug-likeness (QED) is 0.759. The van der Waals surface area contributed by atoms with Crippen molar-refractivity contribution in [1.82, 2.24) is 9.55 Å². The molecule has 2 rings (SSSR count). The number of aromatic nitrogens is 2. The molecular weight excluding hydrogens is 266 g/mol. The van der Waals surface area contributed by atoms with E-state index in [1.165, 1.54) is 0 Å². The number of nitrogens with one attached hydrogen (secondary N) is 1. The van der Waals surface area contributed by atoms with E-state index in [0.717, 1.165) is 23.7 Å². The van der Waals surface area contributed by atoms with Crippen molar-refractivity contribution in [3.63, 3.8) is 0 Å². The van der Waals surface area contributed by atoms with E-state index in [9.17, 15) is 0 Å². The fourth-order valence-electron chi connectivity index (χ4n) is 2.07. The van der Waals surface area contributed by atoms with Gasteiger partial charge in [-0.1, -0.05) is 6.07 Å². The molecule has 0 atom stereocenters. The largest absolute Gasteiger partial charge is 0.491 e. The fourth-order valence-corrected chi connectivity index (χ4v) is 2.07. The lowest BCUT2D eigenvalue weighted by Crippen LogP contribution is -2.09. The molecule has 0 bridgehead atoms. The predicted octanol–water partition coefficient (Wildman–Crippen LogP) is 3.10. The van der Waals surface area contributed by atoms with Crippen LogP contribution in [-0.2, 0) is 11.3 Å². The first kappa shape index (κ1) is 15.4. The van der Waals surface area contributed by atoms with Crippen LogP contribution in [0.25, 0.3) is 0 Å². The van der Waals surface area contributed by atoms with E-state index < -0.39 is 0 Å². The first-order valence-electron chi connectivity index (χ1n) is 7.17. The van der Waals surface area contributed by atoms with Crippen molar-refractivity contribution >= 4 is 5.69 Å². The third-order valence-corrected chi connectivity index (χ3v) is 3.17. The minimum absolute atomic E-state index is 0.410. The Balaban J connectivity index is 1.93. The molecule has 2 aromatic rings. The molecule has 0 radical (unpaired) electrons. The summed E-state index contributed by atoms with van der Waals surface area (Å²) in [6.45, 7) is 6.18. The molecule has 0 aliphatic heterocycles. The second-order valence-electron chi connectivity index (χ2n) is 5.11. The van der Waals surface area contributed by atoms with Crippen molar-refractivity contribution in [3.8, 4) is 5.75 Å². The van der Waals surface area contributed by atoms with Gasteiger partial charge in [0, 0.05) is 31.1 Å². The highest BCUT2D eigenvalue weighted by molar-refractivity contribution is 5.48. The maximum absolute atomic E-state index is 5.60. The van der Waals surface area contributed by atoms with Crippen molar-refractivity contribution in [2.45, 2.75) is 26.4 Å². The van der Waals surface area contributed by atoms with E-state index in [1.807, 2.05) is 36.8 Å². The lowest BCUT2D eigenvalue weighted by molar-refractivity contribution is 0.146. The Morgan fingerprint density at radius 1 is 1.29 bits per heavy atom. The monoisotopic (exact) mass is 289 g/mol. The van der Waals surface area contributed by atoms with Crippen molar-refractivity contribution in [1.29, 1.82) is 0 Å². The van der Waals surface area contributed by atoms with E-state index >= 15 is 0 Å². The number of rotatable bonds is 8. The summed E-state index contributed by atoms with van der Waals surface area (Å²) in [6.07, 6.45) is 3.76. The van der Waals surface area contributed by atoms with Crippen LogP contribution in [0.4, 0.5) is 5.69 Å². The molecule has 0 amide bonds. The molecule has 5 heteroatoms. The topological polar surface area (TPSA) is 48.3 Å². The maximum atomic E-state index is 5.60. The third-order valence-electron chi connectivity index (χ3n) is 3.17. The van der Waals surface area contributed by atoms with Gasteiger partial charge < -0.3 is 19.4 Å². The van der Waals surface area contributed by atoms with Gasteiger partial charge in [-0.05, 0) is 26.0 Å². The minimum Gasteiger partial charge on any atom is -0.491 e. The van der Waals surface area contributed by atoms with Crippen LogP contribution in [-0.4, -0.2) is 29.9 Å². The number of hydrogen-bond donors (Lipinski definition) is 1. The lowest BCUT2D eigenvalue weighted by atomic mass is 10.3. The molecule has 0 aliphatic rings. The molecule has 0 saturated carbocycles. The van der Waals surface area contributed by atoms with Crippen molar-refractivity contribution in [3.05, 3.63) is 42.5 Å². The first-order chi connectivity index (χ1) is 10.2. The van der Waals surface area contributed by atoms with Gasteiger partial charge in [-0.25, -0.2) is 4.98 Å². The van der Waals surface area contributed by atoms with Crippen LogP contribution in [0.1, 0.15) is 25.6 Å². The molecule has 114 valence electrons. The summed E-state index contributed by atoms with van der Waals surface area (Å²) in [7, 11) is 1.67. The van der Waals surface area contributed by atoms with Crippen LogP contribution in [0, 0.1) is 0 Å². The molecule has 1 N–H and O–H groups in total. The Morgan fingerprint density at radius 2 is 2.14 bits per heavy atom. The lowest BCUT2D eigenvalue weighted by Gasteiger charge is -2.13. The molecule has 0 saturated heterocycles. The molecule has 5 nitrogen and oxygen atoms in total. The summed E-state index contributed by atoms with van der Waals surface area (Å²) in [4.78, 5) is 4.21. The summed E-state index contributed by atoms with van der Waals surface area (Å²) >= 11 is 0. The molecule has 1 aromatic carbocycles. The van der Waals surface area contributed by atoms with Gasteiger partial charge in [-0.3, -0.25) is 0 Å². The van der Waals surface area contributed by atoms with E-state index in [4.69, 9.17) is 9.47 Å². The predicted molar refractivity (Wildman–Crippen MR) is 83.8 cm³/mol. The molecular formula is C16H23N3O2. The van der Waals surface area contributed by atoms with Gasteiger partial charge in [-0.2, -0.15) is 0 Å². The molecule has 0 aliphatic carbocycles. The highest BCUT2D eigenvalue weighted by Crippen LogP contribution is 2.18. The van der Waals surface area contributed by atoms with E-state index in [2.05, 4.69) is 28.7 Å². The second kappa shape index (κ2) is 7.69. The summed E-state index contributed by atoms with van der Waals surface area (Å²) in [5.74, 6) is 0.842. The average Bonchev–Trinajstić information content (AvgIpc) is 2.94. The fraction of sp³-hybridized carbons (Fsp3) is 0.438. The molecule has 0 fully saturated rings.